The van der Waals surface area contributed by atoms with E-state index in [9.17, 15) is 0 Å². The highest BCUT2D eigenvalue weighted by Gasteiger charge is 2.26. The quantitative estimate of drug-likeness (QED) is 0.925. The molecule has 4 heteroatoms. The molecule has 1 N–H and O–H groups in total. The van der Waals surface area contributed by atoms with E-state index in [0.717, 1.165) is 24.6 Å². The zero-order valence-corrected chi connectivity index (χ0v) is 13.3. The summed E-state index contributed by atoms with van der Waals surface area (Å²) in [6.45, 7) is 5.35. The van der Waals surface area contributed by atoms with Gasteiger partial charge in [0.2, 0.25) is 0 Å². The molecule has 18 heavy (non-hydrogen) atoms. The minimum atomic E-state index is 0.686. The van der Waals surface area contributed by atoms with Crippen LogP contribution in [0.25, 0.3) is 0 Å². The zero-order valence-electron chi connectivity index (χ0n) is 11.7. The number of rotatable bonds is 4. The van der Waals surface area contributed by atoms with E-state index >= 15 is 0 Å². The molecule has 0 bridgehead atoms. The lowest BCUT2D eigenvalue weighted by Gasteiger charge is -2.32. The summed E-state index contributed by atoms with van der Waals surface area (Å²) in [4.78, 5) is 0. The molecule has 0 radical (unpaired) electrons. The Morgan fingerprint density at radius 1 is 1.39 bits per heavy atom. The first-order chi connectivity index (χ1) is 8.63. The van der Waals surface area contributed by atoms with Crippen molar-refractivity contribution in [3.8, 4) is 0 Å². The van der Waals surface area contributed by atoms with E-state index in [1.807, 2.05) is 4.68 Å². The fourth-order valence-corrected chi connectivity index (χ4v) is 3.63. The van der Waals surface area contributed by atoms with Crippen molar-refractivity contribution in [1.29, 1.82) is 0 Å². The van der Waals surface area contributed by atoms with E-state index in [1.54, 1.807) is 0 Å². The standard InChI is InChI=1S/C14H24BrN3/c1-4-16-12-8-6-5-7-11(12)9-13-14(15)10(2)17-18(13)3/h11-12,16H,4-9H2,1-3H3. The topological polar surface area (TPSA) is 29.9 Å². The Morgan fingerprint density at radius 2 is 2.11 bits per heavy atom. The minimum Gasteiger partial charge on any atom is -0.314 e. The lowest BCUT2D eigenvalue weighted by Crippen LogP contribution is -2.39. The highest BCUT2D eigenvalue weighted by Crippen LogP contribution is 2.30. The van der Waals surface area contributed by atoms with Gasteiger partial charge in [-0.15, -0.1) is 0 Å². The van der Waals surface area contributed by atoms with Crippen LogP contribution in [0.1, 0.15) is 44.0 Å². The third kappa shape index (κ3) is 2.97. The number of hydrogen-bond donors (Lipinski definition) is 1. The summed E-state index contributed by atoms with van der Waals surface area (Å²) < 4.78 is 3.24. The van der Waals surface area contributed by atoms with Gasteiger partial charge >= 0.3 is 0 Å². The fraction of sp³-hybridized carbons (Fsp3) is 0.786. The molecule has 3 nitrogen and oxygen atoms in total. The number of hydrogen-bond acceptors (Lipinski definition) is 2. The molecule has 1 aromatic rings. The van der Waals surface area contributed by atoms with Gasteiger partial charge in [-0.05, 0) is 54.6 Å². The van der Waals surface area contributed by atoms with Gasteiger partial charge in [-0.2, -0.15) is 5.10 Å². The summed E-state index contributed by atoms with van der Waals surface area (Å²) in [6, 6.07) is 0.686. The fourth-order valence-electron chi connectivity index (χ4n) is 3.13. The maximum absolute atomic E-state index is 4.50. The molecule has 2 rings (SSSR count). The Labute approximate surface area is 118 Å². The lowest BCUT2D eigenvalue weighted by molar-refractivity contribution is 0.260. The van der Waals surface area contributed by atoms with Crippen LogP contribution in [-0.4, -0.2) is 22.4 Å². The number of halogens is 1. The summed E-state index contributed by atoms with van der Waals surface area (Å²) in [7, 11) is 2.05. The van der Waals surface area contributed by atoms with E-state index in [4.69, 9.17) is 0 Å². The highest BCUT2D eigenvalue weighted by molar-refractivity contribution is 9.10. The molecule has 2 unspecified atom stereocenters. The van der Waals surface area contributed by atoms with Crippen LogP contribution in [0, 0.1) is 12.8 Å². The maximum Gasteiger partial charge on any atom is 0.0738 e. The molecule has 1 heterocycles. The van der Waals surface area contributed by atoms with Gasteiger partial charge in [0.05, 0.1) is 15.9 Å². The summed E-state index contributed by atoms with van der Waals surface area (Å²) in [6.07, 6.45) is 6.55. The molecular formula is C14H24BrN3. The van der Waals surface area contributed by atoms with Crippen molar-refractivity contribution in [3.63, 3.8) is 0 Å². The van der Waals surface area contributed by atoms with E-state index in [2.05, 4.69) is 47.2 Å². The second-order valence-electron chi connectivity index (χ2n) is 5.38. The molecule has 102 valence electrons. The van der Waals surface area contributed by atoms with Crippen LogP contribution >= 0.6 is 15.9 Å². The third-order valence-corrected chi connectivity index (χ3v) is 5.12. The van der Waals surface area contributed by atoms with E-state index in [0.29, 0.717) is 6.04 Å². The van der Waals surface area contributed by atoms with E-state index in [1.165, 1.54) is 35.8 Å². The average Bonchev–Trinajstić information content (AvgIpc) is 2.59. The predicted molar refractivity (Wildman–Crippen MR) is 78.8 cm³/mol. The summed E-state index contributed by atoms with van der Waals surface area (Å²) in [5.41, 5.74) is 2.45. The van der Waals surface area contributed by atoms with Gasteiger partial charge in [0, 0.05) is 13.1 Å². The van der Waals surface area contributed by atoms with Gasteiger partial charge < -0.3 is 5.32 Å². The molecule has 1 aliphatic carbocycles. The molecular weight excluding hydrogens is 290 g/mol. The van der Waals surface area contributed by atoms with Crippen LogP contribution < -0.4 is 5.32 Å². The normalized spacial score (nSPS) is 24.4. The summed E-state index contributed by atoms with van der Waals surface area (Å²) in [5, 5.41) is 8.15. The largest absolute Gasteiger partial charge is 0.314 e. The summed E-state index contributed by atoms with van der Waals surface area (Å²) >= 11 is 3.68. The Kier molecular flexibility index (Phi) is 4.84. The monoisotopic (exact) mass is 313 g/mol. The van der Waals surface area contributed by atoms with Crippen molar-refractivity contribution >= 4 is 15.9 Å². The van der Waals surface area contributed by atoms with E-state index < -0.39 is 0 Å². The number of nitrogens with zero attached hydrogens (tertiary/aromatic N) is 2. The number of aromatic nitrogens is 2. The first-order valence-corrected chi connectivity index (χ1v) is 7.84. The Bertz CT molecular complexity index is 398. The van der Waals surface area contributed by atoms with Crippen LogP contribution in [0.3, 0.4) is 0 Å². The molecule has 1 fully saturated rings. The Balaban J connectivity index is 2.10. The predicted octanol–water partition coefficient (Wildman–Crippen LogP) is 3.20. The SMILES string of the molecule is CCNC1CCCCC1Cc1c(Br)c(C)nn1C. The van der Waals surface area contributed by atoms with Gasteiger partial charge in [0.1, 0.15) is 0 Å². The molecule has 0 aromatic carbocycles. The van der Waals surface area contributed by atoms with Crippen LogP contribution in [0.4, 0.5) is 0 Å². The van der Waals surface area contributed by atoms with E-state index in [-0.39, 0.29) is 0 Å². The van der Waals surface area contributed by atoms with Gasteiger partial charge in [-0.3, -0.25) is 4.68 Å². The first kappa shape index (κ1) is 14.1. The molecule has 0 saturated heterocycles. The molecule has 1 saturated carbocycles. The van der Waals surface area contributed by atoms with Crippen molar-refractivity contribution in [1.82, 2.24) is 15.1 Å². The van der Waals surface area contributed by atoms with Crippen molar-refractivity contribution < 1.29 is 0 Å². The molecule has 0 spiro atoms. The smallest absolute Gasteiger partial charge is 0.0738 e. The van der Waals surface area contributed by atoms with Crippen LogP contribution in [0.5, 0.6) is 0 Å². The maximum atomic E-state index is 4.50. The molecule has 1 aliphatic rings. The number of aryl methyl sites for hydroxylation is 2. The van der Waals surface area contributed by atoms with Crippen LogP contribution in [-0.2, 0) is 13.5 Å². The van der Waals surface area contributed by atoms with Gasteiger partial charge in [0.25, 0.3) is 0 Å². The van der Waals surface area contributed by atoms with Crippen LogP contribution in [0.2, 0.25) is 0 Å². The number of nitrogens with one attached hydrogen (secondary N) is 1. The zero-order chi connectivity index (χ0) is 13.1. The third-order valence-electron chi connectivity index (χ3n) is 4.09. The van der Waals surface area contributed by atoms with Crippen LogP contribution in [0.15, 0.2) is 4.47 Å². The minimum absolute atomic E-state index is 0.686. The highest BCUT2D eigenvalue weighted by atomic mass is 79.9. The second-order valence-corrected chi connectivity index (χ2v) is 6.18. The lowest BCUT2D eigenvalue weighted by atomic mass is 9.81. The summed E-state index contributed by atoms with van der Waals surface area (Å²) in [5.74, 6) is 0.754. The van der Waals surface area contributed by atoms with Gasteiger partial charge in [-0.1, -0.05) is 19.8 Å². The van der Waals surface area contributed by atoms with Gasteiger partial charge in [-0.25, -0.2) is 0 Å². The average molecular weight is 314 g/mol. The van der Waals surface area contributed by atoms with Crippen molar-refractivity contribution in [2.45, 2.75) is 52.0 Å². The Hall–Kier alpha value is -0.350. The first-order valence-electron chi connectivity index (χ1n) is 7.04. The van der Waals surface area contributed by atoms with Crippen molar-refractivity contribution in [2.24, 2.45) is 13.0 Å². The van der Waals surface area contributed by atoms with Crippen molar-refractivity contribution in [3.05, 3.63) is 15.9 Å². The molecule has 0 aliphatic heterocycles. The molecule has 1 aromatic heterocycles. The second kappa shape index (κ2) is 6.20. The molecule has 0 amide bonds. The Morgan fingerprint density at radius 3 is 2.72 bits per heavy atom. The van der Waals surface area contributed by atoms with Crippen molar-refractivity contribution in [2.75, 3.05) is 6.54 Å². The molecule has 2 atom stereocenters. The van der Waals surface area contributed by atoms with Gasteiger partial charge in [0.15, 0.2) is 0 Å².